The van der Waals surface area contributed by atoms with E-state index in [1.807, 2.05) is 18.2 Å². The van der Waals surface area contributed by atoms with Gasteiger partial charge in [0.1, 0.15) is 10.1 Å². The highest BCUT2D eigenvalue weighted by molar-refractivity contribution is 9.10. The lowest BCUT2D eigenvalue weighted by Crippen LogP contribution is -2.31. The van der Waals surface area contributed by atoms with E-state index in [9.17, 15) is 9.59 Å². The van der Waals surface area contributed by atoms with Gasteiger partial charge in [-0.25, -0.2) is 0 Å². The van der Waals surface area contributed by atoms with Crippen LogP contribution in [0.2, 0.25) is 0 Å². The fourth-order valence-corrected chi connectivity index (χ4v) is 3.89. The third kappa shape index (κ3) is 4.59. The van der Waals surface area contributed by atoms with Crippen LogP contribution in [0, 0.1) is 0 Å². The molecule has 2 amide bonds. The molecule has 8 heteroatoms. The number of benzene rings is 1. The average Bonchev–Trinajstić information content (AvgIpc) is 3.15. The molecule has 1 aliphatic rings. The molecular formula is C17H13BrN2O3S2. The molecule has 1 N–H and O–H groups in total. The maximum atomic E-state index is 12.4. The van der Waals surface area contributed by atoms with Gasteiger partial charge in [-0.2, -0.15) is 0 Å². The van der Waals surface area contributed by atoms with E-state index in [-0.39, 0.29) is 24.8 Å². The summed E-state index contributed by atoms with van der Waals surface area (Å²) in [7, 11) is 0. The molecule has 0 aliphatic carbocycles. The average molecular weight is 437 g/mol. The van der Waals surface area contributed by atoms with Gasteiger partial charge in [0.15, 0.2) is 0 Å². The van der Waals surface area contributed by atoms with E-state index in [0.29, 0.717) is 20.7 Å². The molecule has 0 saturated carbocycles. The van der Waals surface area contributed by atoms with E-state index in [1.54, 1.807) is 30.5 Å². The minimum Gasteiger partial charge on any atom is -0.465 e. The summed E-state index contributed by atoms with van der Waals surface area (Å²) in [6.45, 7) is 0.236. The molecule has 0 unspecified atom stereocenters. The van der Waals surface area contributed by atoms with Gasteiger partial charge in [-0.15, -0.1) is 0 Å². The molecular weight excluding hydrogens is 424 g/mol. The number of furan rings is 1. The van der Waals surface area contributed by atoms with Crippen molar-refractivity contribution in [2.45, 2.75) is 6.42 Å². The Morgan fingerprint density at radius 2 is 2.20 bits per heavy atom. The van der Waals surface area contributed by atoms with Crippen LogP contribution in [0.1, 0.15) is 12.2 Å². The second-order valence-corrected chi connectivity index (χ2v) is 7.75. The SMILES string of the molecule is O=C(CCN1C(=O)/C(=C\c2ccco2)SC1=S)Nc1cccc(Br)c1. The third-order valence-electron chi connectivity index (χ3n) is 3.36. The zero-order chi connectivity index (χ0) is 17.8. The number of amides is 2. The lowest BCUT2D eigenvalue weighted by Gasteiger charge is -2.14. The van der Waals surface area contributed by atoms with Crippen LogP contribution in [0.4, 0.5) is 5.69 Å². The minimum atomic E-state index is -0.207. The van der Waals surface area contributed by atoms with Crippen molar-refractivity contribution in [1.29, 1.82) is 0 Å². The lowest BCUT2D eigenvalue weighted by atomic mass is 10.3. The van der Waals surface area contributed by atoms with Gasteiger partial charge in [-0.3, -0.25) is 14.5 Å². The van der Waals surface area contributed by atoms with Gasteiger partial charge in [0.25, 0.3) is 5.91 Å². The van der Waals surface area contributed by atoms with Crippen LogP contribution < -0.4 is 5.32 Å². The molecule has 1 aromatic heterocycles. The fraction of sp³-hybridized carbons (Fsp3) is 0.118. The number of hydrogen-bond acceptors (Lipinski definition) is 5. The van der Waals surface area contributed by atoms with Gasteiger partial charge in [-0.1, -0.05) is 46.0 Å². The molecule has 1 aliphatic heterocycles. The number of carbonyl (C=O) groups is 2. The summed E-state index contributed by atoms with van der Waals surface area (Å²) in [5.41, 5.74) is 0.697. The first-order valence-electron chi connectivity index (χ1n) is 7.37. The first-order valence-corrected chi connectivity index (χ1v) is 9.39. The number of anilines is 1. The lowest BCUT2D eigenvalue weighted by molar-refractivity contribution is -0.122. The van der Waals surface area contributed by atoms with Gasteiger partial charge < -0.3 is 9.73 Å². The molecule has 2 aromatic rings. The molecule has 0 spiro atoms. The third-order valence-corrected chi connectivity index (χ3v) is 5.23. The normalized spacial score (nSPS) is 15.9. The van der Waals surface area contributed by atoms with E-state index < -0.39 is 0 Å². The number of rotatable bonds is 5. The number of carbonyl (C=O) groups excluding carboxylic acids is 2. The van der Waals surface area contributed by atoms with Gasteiger partial charge in [-0.05, 0) is 30.3 Å². The van der Waals surface area contributed by atoms with E-state index in [4.69, 9.17) is 16.6 Å². The summed E-state index contributed by atoms with van der Waals surface area (Å²) in [6.07, 6.45) is 3.35. The van der Waals surface area contributed by atoms with Crippen LogP contribution in [0.5, 0.6) is 0 Å². The zero-order valence-corrected chi connectivity index (χ0v) is 16.1. The summed E-state index contributed by atoms with van der Waals surface area (Å²) in [5.74, 6) is 0.205. The van der Waals surface area contributed by atoms with Crippen molar-refractivity contribution in [2.75, 3.05) is 11.9 Å². The van der Waals surface area contributed by atoms with Crippen LogP contribution in [-0.4, -0.2) is 27.6 Å². The number of nitrogens with one attached hydrogen (secondary N) is 1. The van der Waals surface area contributed by atoms with E-state index in [2.05, 4.69) is 21.2 Å². The maximum absolute atomic E-state index is 12.4. The summed E-state index contributed by atoms with van der Waals surface area (Å²) in [5, 5.41) is 2.80. The Kier molecular flexibility index (Phi) is 5.72. The second kappa shape index (κ2) is 7.99. The number of nitrogens with zero attached hydrogens (tertiary/aromatic N) is 1. The Morgan fingerprint density at radius 3 is 2.92 bits per heavy atom. The summed E-state index contributed by atoms with van der Waals surface area (Å²) in [4.78, 5) is 26.4. The van der Waals surface area contributed by atoms with Crippen LogP contribution in [0.3, 0.4) is 0 Å². The highest BCUT2D eigenvalue weighted by Crippen LogP contribution is 2.32. The minimum absolute atomic E-state index is 0.160. The van der Waals surface area contributed by atoms with E-state index in [0.717, 1.165) is 4.47 Å². The molecule has 0 radical (unpaired) electrons. The summed E-state index contributed by atoms with van der Waals surface area (Å²) in [6, 6.07) is 10.8. The molecule has 5 nitrogen and oxygen atoms in total. The van der Waals surface area contributed by atoms with Gasteiger partial charge >= 0.3 is 0 Å². The number of halogens is 1. The van der Waals surface area contributed by atoms with Crippen LogP contribution in [-0.2, 0) is 9.59 Å². The Balaban J connectivity index is 1.58. The highest BCUT2D eigenvalue weighted by atomic mass is 79.9. The molecule has 1 saturated heterocycles. The van der Waals surface area contributed by atoms with Crippen LogP contribution in [0.15, 0.2) is 56.5 Å². The predicted octanol–water partition coefficient (Wildman–Crippen LogP) is 4.27. The van der Waals surface area contributed by atoms with Crippen LogP contribution in [0.25, 0.3) is 6.08 Å². The molecule has 1 aromatic carbocycles. The predicted molar refractivity (Wildman–Crippen MR) is 106 cm³/mol. The molecule has 25 heavy (non-hydrogen) atoms. The monoisotopic (exact) mass is 436 g/mol. The smallest absolute Gasteiger partial charge is 0.266 e. The van der Waals surface area contributed by atoms with Gasteiger partial charge in [0.2, 0.25) is 5.91 Å². The first-order chi connectivity index (χ1) is 12.0. The van der Waals surface area contributed by atoms with Crippen molar-refractivity contribution >= 4 is 67.8 Å². The van der Waals surface area contributed by atoms with Crippen molar-refractivity contribution in [2.24, 2.45) is 0 Å². The fourth-order valence-electron chi connectivity index (χ4n) is 2.20. The topological polar surface area (TPSA) is 62.6 Å². The van der Waals surface area contributed by atoms with Crippen molar-refractivity contribution in [3.63, 3.8) is 0 Å². The van der Waals surface area contributed by atoms with Crippen molar-refractivity contribution in [3.05, 3.63) is 57.8 Å². The Labute approximate surface area is 162 Å². The van der Waals surface area contributed by atoms with Crippen molar-refractivity contribution in [3.8, 4) is 0 Å². The molecule has 0 bridgehead atoms. The van der Waals surface area contributed by atoms with Crippen LogP contribution >= 0.6 is 39.9 Å². The number of thioether (sulfide) groups is 1. The Morgan fingerprint density at radius 1 is 1.36 bits per heavy atom. The summed E-state index contributed by atoms with van der Waals surface area (Å²) < 4.78 is 6.54. The molecule has 128 valence electrons. The largest absolute Gasteiger partial charge is 0.465 e. The Bertz CT molecular complexity index is 849. The summed E-state index contributed by atoms with van der Waals surface area (Å²) >= 11 is 9.81. The standard InChI is InChI=1S/C17H13BrN2O3S2/c18-11-3-1-4-12(9-11)19-15(21)6-7-20-16(22)14(25-17(20)24)10-13-5-2-8-23-13/h1-5,8-10H,6-7H2,(H,19,21)/b14-10+. The van der Waals surface area contributed by atoms with Gasteiger partial charge in [0.05, 0.1) is 11.2 Å². The van der Waals surface area contributed by atoms with E-state index >= 15 is 0 Å². The van der Waals surface area contributed by atoms with Crippen molar-refractivity contribution < 1.29 is 14.0 Å². The molecule has 1 fully saturated rings. The molecule has 2 heterocycles. The Hall–Kier alpha value is -1.90. The second-order valence-electron chi connectivity index (χ2n) is 5.16. The molecule has 3 rings (SSSR count). The number of hydrogen-bond donors (Lipinski definition) is 1. The quantitative estimate of drug-likeness (QED) is 0.559. The molecule has 0 atom stereocenters. The zero-order valence-electron chi connectivity index (χ0n) is 12.9. The van der Waals surface area contributed by atoms with Gasteiger partial charge in [0, 0.05) is 29.2 Å². The first kappa shape index (κ1) is 17.9. The number of thiocarbonyl (C=S) groups is 1. The maximum Gasteiger partial charge on any atom is 0.266 e. The van der Waals surface area contributed by atoms with Crippen molar-refractivity contribution in [1.82, 2.24) is 4.90 Å². The highest BCUT2D eigenvalue weighted by Gasteiger charge is 2.32. The van der Waals surface area contributed by atoms with E-state index in [1.165, 1.54) is 16.7 Å².